The van der Waals surface area contributed by atoms with Gasteiger partial charge in [-0.3, -0.25) is 0 Å². The van der Waals surface area contributed by atoms with Gasteiger partial charge in [-0.1, -0.05) is 29.8 Å². The summed E-state index contributed by atoms with van der Waals surface area (Å²) >= 11 is 0. The number of benzene rings is 1. The molecule has 1 aliphatic heterocycles. The largest absolute Gasteiger partial charge is 0.312 e. The quantitative estimate of drug-likeness (QED) is 0.625. The van der Waals surface area contributed by atoms with Gasteiger partial charge in [0.15, 0.2) is 0 Å². The molecular weight excluding hydrogens is 324 g/mol. The van der Waals surface area contributed by atoms with Gasteiger partial charge < -0.3 is 4.74 Å². The molecule has 5 aliphatic carbocycles. The first kappa shape index (κ1) is 16.1. The zero-order valence-corrected chi connectivity index (χ0v) is 15.8. The van der Waals surface area contributed by atoms with Gasteiger partial charge in [0.2, 0.25) is 11.6 Å². The van der Waals surface area contributed by atoms with E-state index in [1.165, 1.54) is 49.7 Å². The van der Waals surface area contributed by atoms with Crippen molar-refractivity contribution < 1.29 is 14.5 Å². The van der Waals surface area contributed by atoms with Crippen molar-refractivity contribution in [1.82, 2.24) is 0 Å². The molecule has 2 spiro atoms. The maximum Gasteiger partial charge on any atom is 0.210 e. The second kappa shape index (κ2) is 5.56. The highest BCUT2D eigenvalue weighted by Gasteiger charge is 2.66. The molecule has 1 aromatic carbocycles. The van der Waals surface area contributed by atoms with Gasteiger partial charge in [-0.25, -0.2) is 0 Å². The molecule has 4 bridgehead atoms. The first-order chi connectivity index (χ1) is 12.6. The summed E-state index contributed by atoms with van der Waals surface area (Å²) in [4.78, 5) is 12.3. The van der Waals surface area contributed by atoms with Crippen LogP contribution in [-0.2, 0) is 14.5 Å². The van der Waals surface area contributed by atoms with E-state index in [4.69, 9.17) is 14.5 Å². The number of hydrogen-bond donors (Lipinski definition) is 0. The van der Waals surface area contributed by atoms with Gasteiger partial charge in [-0.15, -0.1) is 0 Å². The summed E-state index contributed by atoms with van der Waals surface area (Å²) in [5.74, 6) is 2.51. The average Bonchev–Trinajstić information content (AvgIpc) is 2.99. The van der Waals surface area contributed by atoms with Crippen molar-refractivity contribution in [3.05, 3.63) is 35.4 Å². The van der Waals surface area contributed by atoms with Crippen LogP contribution in [0.3, 0.4) is 0 Å². The van der Waals surface area contributed by atoms with Crippen molar-refractivity contribution in [3.63, 3.8) is 0 Å². The SMILES string of the molecule is Cc1cccc([C@@H]2CCC[C@]3(C2)OOC2(O3)C3CC4CC(C3)CC2C4)c1. The lowest BCUT2D eigenvalue weighted by atomic mass is 9.53. The van der Waals surface area contributed by atoms with Crippen LogP contribution in [0.25, 0.3) is 0 Å². The third kappa shape index (κ3) is 2.30. The maximum absolute atomic E-state index is 6.89. The monoisotopic (exact) mass is 354 g/mol. The van der Waals surface area contributed by atoms with Gasteiger partial charge in [-0.05, 0) is 75.2 Å². The van der Waals surface area contributed by atoms with E-state index >= 15 is 0 Å². The molecule has 1 aromatic rings. The standard InChI is InChI=1S/C23H30O3/c1-15-4-2-5-18(8-15)19-6-3-7-22(14-19)24-23(26-25-22)20-10-16-9-17(12-20)13-21(23)11-16/h2,4-5,8,16-17,19-21H,3,6-7,9-14H2,1H3/t16?,17?,19-,20?,21?,22-,23?/m1/s1. The minimum atomic E-state index is -0.512. The highest BCUT2D eigenvalue weighted by molar-refractivity contribution is 5.26. The van der Waals surface area contributed by atoms with Crippen molar-refractivity contribution in [2.45, 2.75) is 82.2 Å². The Hall–Kier alpha value is -0.900. The zero-order chi connectivity index (χ0) is 17.4. The van der Waals surface area contributed by atoms with Crippen molar-refractivity contribution in [1.29, 1.82) is 0 Å². The van der Waals surface area contributed by atoms with Gasteiger partial charge in [-0.2, -0.15) is 9.78 Å². The minimum Gasteiger partial charge on any atom is -0.312 e. The maximum atomic E-state index is 6.89. The molecule has 7 rings (SSSR count). The number of aryl methyl sites for hydroxylation is 1. The van der Waals surface area contributed by atoms with Crippen molar-refractivity contribution in [2.75, 3.05) is 0 Å². The van der Waals surface area contributed by atoms with Crippen LogP contribution in [0.2, 0.25) is 0 Å². The molecule has 0 aromatic heterocycles. The smallest absolute Gasteiger partial charge is 0.210 e. The minimum absolute atomic E-state index is 0.429. The van der Waals surface area contributed by atoms with E-state index in [9.17, 15) is 0 Å². The predicted octanol–water partition coefficient (Wildman–Crippen LogP) is 5.48. The summed E-state index contributed by atoms with van der Waals surface area (Å²) < 4.78 is 6.89. The fraction of sp³-hybridized carbons (Fsp3) is 0.739. The van der Waals surface area contributed by atoms with Gasteiger partial charge in [0, 0.05) is 24.7 Å². The van der Waals surface area contributed by atoms with Gasteiger partial charge in [0.25, 0.3) is 0 Å². The highest BCUT2D eigenvalue weighted by atomic mass is 17.3. The van der Waals surface area contributed by atoms with E-state index in [1.807, 2.05) is 0 Å². The van der Waals surface area contributed by atoms with E-state index in [0.717, 1.165) is 31.1 Å². The first-order valence-corrected chi connectivity index (χ1v) is 10.8. The van der Waals surface area contributed by atoms with E-state index in [1.54, 1.807) is 0 Å². The average molecular weight is 354 g/mol. The molecule has 6 aliphatic rings. The normalized spacial score (nSPS) is 49.3. The molecule has 0 amide bonds. The van der Waals surface area contributed by atoms with Gasteiger partial charge in [0.05, 0.1) is 0 Å². The molecule has 3 heteroatoms. The molecule has 140 valence electrons. The summed E-state index contributed by atoms with van der Waals surface area (Å²) in [6.45, 7) is 2.18. The number of rotatable bonds is 1. The second-order valence-corrected chi connectivity index (χ2v) is 9.91. The van der Waals surface area contributed by atoms with Crippen molar-refractivity contribution in [2.24, 2.45) is 23.7 Å². The van der Waals surface area contributed by atoms with Crippen LogP contribution in [0, 0.1) is 30.6 Å². The topological polar surface area (TPSA) is 27.7 Å². The molecule has 1 saturated heterocycles. The molecule has 26 heavy (non-hydrogen) atoms. The van der Waals surface area contributed by atoms with Crippen LogP contribution in [-0.4, -0.2) is 11.6 Å². The summed E-state index contributed by atoms with van der Waals surface area (Å²) in [6.07, 6.45) is 10.9. The van der Waals surface area contributed by atoms with Crippen LogP contribution in [0.4, 0.5) is 0 Å². The Kier molecular flexibility index (Phi) is 3.44. The third-order valence-corrected chi connectivity index (χ3v) is 8.13. The van der Waals surface area contributed by atoms with E-state index in [0.29, 0.717) is 17.8 Å². The molecule has 5 saturated carbocycles. The molecule has 0 radical (unpaired) electrons. The Labute approximate surface area is 156 Å². The lowest BCUT2D eigenvalue weighted by Gasteiger charge is -2.57. The van der Waals surface area contributed by atoms with Crippen LogP contribution in [0.1, 0.15) is 74.8 Å². The fourth-order valence-corrected chi connectivity index (χ4v) is 7.18. The van der Waals surface area contributed by atoms with Crippen molar-refractivity contribution in [3.8, 4) is 0 Å². The summed E-state index contributed by atoms with van der Waals surface area (Å²) in [6, 6.07) is 8.96. The predicted molar refractivity (Wildman–Crippen MR) is 98.2 cm³/mol. The molecular formula is C23H30O3. The lowest BCUT2D eigenvalue weighted by Crippen LogP contribution is -2.59. The Bertz CT molecular complexity index is 685. The van der Waals surface area contributed by atoms with Crippen LogP contribution in [0.15, 0.2) is 24.3 Å². The van der Waals surface area contributed by atoms with Crippen LogP contribution >= 0.6 is 0 Å². The molecule has 6 fully saturated rings. The highest BCUT2D eigenvalue weighted by Crippen LogP contribution is 2.64. The summed E-state index contributed by atoms with van der Waals surface area (Å²) in [5.41, 5.74) is 2.77. The van der Waals surface area contributed by atoms with E-state index in [2.05, 4.69) is 31.2 Å². The van der Waals surface area contributed by atoms with Crippen LogP contribution < -0.4 is 0 Å². The molecule has 2 atom stereocenters. The Balaban J connectivity index is 1.26. The van der Waals surface area contributed by atoms with Crippen molar-refractivity contribution >= 4 is 0 Å². The first-order valence-electron chi connectivity index (χ1n) is 10.8. The molecule has 3 nitrogen and oxygen atoms in total. The van der Waals surface area contributed by atoms with E-state index in [-0.39, 0.29) is 0 Å². The summed E-state index contributed by atoms with van der Waals surface area (Å²) in [5, 5.41) is 0. The Morgan fingerprint density at radius 2 is 1.73 bits per heavy atom. The third-order valence-electron chi connectivity index (χ3n) is 8.13. The number of ether oxygens (including phenoxy) is 1. The molecule has 0 unspecified atom stereocenters. The van der Waals surface area contributed by atoms with Gasteiger partial charge in [0.1, 0.15) is 0 Å². The Morgan fingerprint density at radius 1 is 0.962 bits per heavy atom. The summed E-state index contributed by atoms with van der Waals surface area (Å²) in [7, 11) is 0. The molecule has 0 N–H and O–H groups in total. The van der Waals surface area contributed by atoms with Crippen LogP contribution in [0.5, 0.6) is 0 Å². The van der Waals surface area contributed by atoms with Gasteiger partial charge >= 0.3 is 0 Å². The lowest BCUT2D eigenvalue weighted by molar-refractivity contribution is -0.390. The number of hydrogen-bond acceptors (Lipinski definition) is 3. The molecule has 1 heterocycles. The fourth-order valence-electron chi connectivity index (χ4n) is 7.18. The second-order valence-electron chi connectivity index (χ2n) is 9.91. The zero-order valence-electron chi connectivity index (χ0n) is 15.8. The Morgan fingerprint density at radius 3 is 2.46 bits per heavy atom. The van der Waals surface area contributed by atoms with E-state index < -0.39 is 11.6 Å².